The van der Waals surface area contributed by atoms with Crippen molar-refractivity contribution in [1.29, 1.82) is 0 Å². The second-order valence-corrected chi connectivity index (χ2v) is 9.99. The molecule has 3 aromatic rings. The highest BCUT2D eigenvalue weighted by Crippen LogP contribution is 2.30. The largest absolute Gasteiger partial charge is 0.493 e. The van der Waals surface area contributed by atoms with Gasteiger partial charge in [0.2, 0.25) is 5.91 Å². The van der Waals surface area contributed by atoms with Gasteiger partial charge in [-0.05, 0) is 60.5 Å². The minimum atomic E-state index is -4.00. The number of ether oxygens (including phenoxy) is 2. The zero-order valence-corrected chi connectivity index (χ0v) is 21.1. The fraction of sp³-hybridized carbons (Fsp3) is 0.240. The lowest BCUT2D eigenvalue weighted by molar-refractivity contribution is -0.128. The molecule has 0 heterocycles. The molecule has 9 heteroatoms. The maximum Gasteiger partial charge on any atom is 0.264 e. The molecule has 0 N–H and O–H groups in total. The molecule has 0 unspecified atom stereocenters. The van der Waals surface area contributed by atoms with Crippen LogP contribution in [0.15, 0.2) is 71.6 Å². The highest BCUT2D eigenvalue weighted by molar-refractivity contribution is 7.92. The predicted molar refractivity (Wildman–Crippen MR) is 133 cm³/mol. The maximum absolute atomic E-state index is 13.5. The van der Waals surface area contributed by atoms with Gasteiger partial charge in [0, 0.05) is 18.6 Å². The first-order valence-corrected chi connectivity index (χ1v) is 12.3. The van der Waals surface area contributed by atoms with E-state index in [0.717, 1.165) is 9.87 Å². The Morgan fingerprint density at radius 2 is 1.62 bits per heavy atom. The summed E-state index contributed by atoms with van der Waals surface area (Å²) in [5.41, 5.74) is 1.84. The smallest absolute Gasteiger partial charge is 0.264 e. The van der Waals surface area contributed by atoms with E-state index in [1.807, 2.05) is 6.07 Å². The van der Waals surface area contributed by atoms with E-state index in [0.29, 0.717) is 27.8 Å². The van der Waals surface area contributed by atoms with Gasteiger partial charge in [0.15, 0.2) is 11.5 Å². The molecule has 34 heavy (non-hydrogen) atoms. The molecule has 1 amide bonds. The number of sulfonamides is 1. The zero-order chi connectivity index (χ0) is 24.9. The average Bonchev–Trinajstić information content (AvgIpc) is 2.83. The summed E-state index contributed by atoms with van der Waals surface area (Å²) in [5, 5.41) is 0.482. The van der Waals surface area contributed by atoms with Crippen molar-refractivity contribution < 1.29 is 22.7 Å². The lowest BCUT2D eigenvalue weighted by Gasteiger charge is -2.28. The molecule has 0 saturated heterocycles. The molecule has 0 spiro atoms. The number of likely N-dealkylation sites (N-methyl/N-ethyl adjacent to an activating group) is 1. The van der Waals surface area contributed by atoms with E-state index < -0.39 is 10.0 Å². The molecule has 0 atom stereocenters. The van der Waals surface area contributed by atoms with Crippen molar-refractivity contribution in [3.05, 3.63) is 82.9 Å². The Labute approximate surface area is 205 Å². The zero-order valence-electron chi connectivity index (χ0n) is 19.5. The van der Waals surface area contributed by atoms with Gasteiger partial charge in [0.25, 0.3) is 10.0 Å². The second-order valence-electron chi connectivity index (χ2n) is 7.69. The summed E-state index contributed by atoms with van der Waals surface area (Å²) in [6.45, 7) is 1.65. The molecule has 0 aliphatic rings. The number of carbonyl (C=O) groups excluding carboxylic acids is 1. The van der Waals surface area contributed by atoms with E-state index in [1.165, 1.54) is 24.1 Å². The summed E-state index contributed by atoms with van der Waals surface area (Å²) in [7, 11) is 0.710. The third-order valence-electron chi connectivity index (χ3n) is 5.33. The van der Waals surface area contributed by atoms with Gasteiger partial charge in [0.1, 0.15) is 6.54 Å². The van der Waals surface area contributed by atoms with Gasteiger partial charge in [-0.2, -0.15) is 0 Å². The minimum absolute atomic E-state index is 0.0969. The summed E-state index contributed by atoms with van der Waals surface area (Å²) in [6.07, 6.45) is 0. The van der Waals surface area contributed by atoms with Gasteiger partial charge >= 0.3 is 0 Å². The number of amides is 1. The van der Waals surface area contributed by atoms with Crippen molar-refractivity contribution in [2.45, 2.75) is 18.4 Å². The number of nitrogens with zero attached hydrogens (tertiary/aromatic N) is 2. The van der Waals surface area contributed by atoms with Crippen molar-refractivity contribution in [2.24, 2.45) is 0 Å². The lowest BCUT2D eigenvalue weighted by Crippen LogP contribution is -2.41. The molecule has 0 fully saturated rings. The maximum atomic E-state index is 13.5. The number of halogens is 1. The SMILES string of the molecule is COc1ccc(CN(C)C(=O)CN(c2ccc(Cl)cc2C)S(=O)(=O)c2ccccc2)cc1OC. The molecule has 180 valence electrons. The van der Waals surface area contributed by atoms with E-state index in [4.69, 9.17) is 21.1 Å². The van der Waals surface area contributed by atoms with Crippen LogP contribution in [0.5, 0.6) is 11.5 Å². The Bertz CT molecular complexity index is 1270. The second kappa shape index (κ2) is 10.8. The van der Waals surface area contributed by atoms with Crippen molar-refractivity contribution in [3.8, 4) is 11.5 Å². The fourth-order valence-corrected chi connectivity index (χ4v) is 5.23. The van der Waals surface area contributed by atoms with Crippen LogP contribution in [0, 0.1) is 6.92 Å². The van der Waals surface area contributed by atoms with Crippen LogP contribution in [0.2, 0.25) is 5.02 Å². The van der Waals surface area contributed by atoms with Gasteiger partial charge in [0.05, 0.1) is 24.8 Å². The van der Waals surface area contributed by atoms with Gasteiger partial charge in [-0.1, -0.05) is 35.9 Å². The Balaban J connectivity index is 1.91. The van der Waals surface area contributed by atoms with E-state index in [9.17, 15) is 13.2 Å². The molecule has 7 nitrogen and oxygen atoms in total. The van der Waals surface area contributed by atoms with E-state index in [1.54, 1.807) is 69.6 Å². The number of hydrogen-bond donors (Lipinski definition) is 0. The first-order chi connectivity index (χ1) is 16.2. The number of rotatable bonds is 9. The van der Waals surface area contributed by atoms with Crippen molar-refractivity contribution in [1.82, 2.24) is 4.90 Å². The van der Waals surface area contributed by atoms with Crippen LogP contribution in [0.25, 0.3) is 0 Å². The number of methoxy groups -OCH3 is 2. The molecule has 0 aliphatic heterocycles. The monoisotopic (exact) mass is 502 g/mol. The number of benzene rings is 3. The van der Waals surface area contributed by atoms with Gasteiger partial charge in [-0.15, -0.1) is 0 Å². The Kier molecular flexibility index (Phi) is 8.06. The highest BCUT2D eigenvalue weighted by Gasteiger charge is 2.29. The summed E-state index contributed by atoms with van der Waals surface area (Å²) in [5.74, 6) is 0.758. The van der Waals surface area contributed by atoms with E-state index in [-0.39, 0.29) is 23.9 Å². The van der Waals surface area contributed by atoms with Crippen molar-refractivity contribution >= 4 is 33.2 Å². The average molecular weight is 503 g/mol. The van der Waals surface area contributed by atoms with Crippen molar-refractivity contribution in [3.63, 3.8) is 0 Å². The summed E-state index contributed by atoms with van der Waals surface area (Å²) in [6, 6.07) is 18.3. The number of aryl methyl sites for hydroxylation is 1. The Morgan fingerprint density at radius 3 is 2.24 bits per heavy atom. The fourth-order valence-electron chi connectivity index (χ4n) is 3.50. The molecule has 0 saturated carbocycles. The van der Waals surface area contributed by atoms with Crippen LogP contribution >= 0.6 is 11.6 Å². The highest BCUT2D eigenvalue weighted by atomic mass is 35.5. The van der Waals surface area contributed by atoms with Crippen LogP contribution in [0.3, 0.4) is 0 Å². The first kappa shape index (κ1) is 25.4. The molecular weight excluding hydrogens is 476 g/mol. The lowest BCUT2D eigenvalue weighted by atomic mass is 10.2. The van der Waals surface area contributed by atoms with Crippen LogP contribution in [-0.4, -0.2) is 47.0 Å². The molecule has 0 bridgehead atoms. The standard InChI is InChI=1S/C25H27ClN2O5S/c1-18-14-20(26)11-12-22(18)28(34(30,31)21-8-6-5-7-9-21)17-25(29)27(2)16-19-10-13-23(32-3)24(15-19)33-4/h5-15H,16-17H2,1-4H3. The summed E-state index contributed by atoms with van der Waals surface area (Å²) < 4.78 is 38.8. The first-order valence-electron chi connectivity index (χ1n) is 10.5. The Hall–Kier alpha value is -3.23. The number of hydrogen-bond acceptors (Lipinski definition) is 5. The summed E-state index contributed by atoms with van der Waals surface area (Å²) >= 11 is 6.08. The van der Waals surface area contributed by atoms with Crippen LogP contribution in [0.1, 0.15) is 11.1 Å². The predicted octanol–water partition coefficient (Wildman–Crippen LogP) is 4.52. The van der Waals surface area contributed by atoms with E-state index >= 15 is 0 Å². The van der Waals surface area contributed by atoms with Gasteiger partial charge < -0.3 is 14.4 Å². The van der Waals surface area contributed by atoms with Gasteiger partial charge in [-0.25, -0.2) is 8.42 Å². The van der Waals surface area contributed by atoms with E-state index in [2.05, 4.69) is 0 Å². The third kappa shape index (κ3) is 5.63. The third-order valence-corrected chi connectivity index (χ3v) is 7.34. The molecule has 3 aromatic carbocycles. The normalized spacial score (nSPS) is 11.1. The van der Waals surface area contributed by atoms with Crippen LogP contribution in [-0.2, 0) is 21.4 Å². The molecular formula is C25H27ClN2O5S. The molecule has 0 aliphatic carbocycles. The van der Waals surface area contributed by atoms with Crippen LogP contribution < -0.4 is 13.8 Å². The number of carbonyl (C=O) groups is 1. The molecule has 0 radical (unpaired) electrons. The topological polar surface area (TPSA) is 76.2 Å². The Morgan fingerprint density at radius 1 is 0.941 bits per heavy atom. The quantitative estimate of drug-likeness (QED) is 0.430. The molecule has 3 rings (SSSR count). The minimum Gasteiger partial charge on any atom is -0.493 e. The van der Waals surface area contributed by atoms with Gasteiger partial charge in [-0.3, -0.25) is 9.10 Å². The molecule has 0 aromatic heterocycles. The summed E-state index contributed by atoms with van der Waals surface area (Å²) in [4.78, 5) is 14.8. The van der Waals surface area contributed by atoms with Crippen LogP contribution in [0.4, 0.5) is 5.69 Å². The van der Waals surface area contributed by atoms with Crippen molar-refractivity contribution in [2.75, 3.05) is 32.1 Å². The number of anilines is 1.